The van der Waals surface area contributed by atoms with Gasteiger partial charge < -0.3 is 0 Å². The molecule has 0 bridgehead atoms. The highest BCUT2D eigenvalue weighted by Gasteiger charge is 2.00. The molecule has 1 atom stereocenters. The Balaban J connectivity index is 3.22. The predicted molar refractivity (Wildman–Crippen MR) is 62.0 cm³/mol. The largest absolute Gasteiger partial charge is 0.291 e. The van der Waals surface area contributed by atoms with E-state index in [9.17, 15) is 9.00 Å². The number of nitrogens with one attached hydrogen (secondary N) is 1. The topological polar surface area (TPSA) is 46.2 Å². The third-order valence-electron chi connectivity index (χ3n) is 1.32. The van der Waals surface area contributed by atoms with E-state index in [1.165, 1.54) is 21.8 Å². The monoisotopic (exact) mass is 241 g/mol. The number of carbonyl (C=O) groups excluding carboxylic acids is 1. The molecule has 78 valence electrons. The average molecular weight is 241 g/mol. The normalized spacial score (nSPS) is 12.5. The maximum Gasteiger partial charge on any atom is 0.230 e. The molecule has 13 heavy (non-hydrogen) atoms. The standard InChI is InChI=1S/C7H15NO2S3/c1-11-12-8-7(9)5-3-4-6-13(2)10/h3-6H2,1-2H3,(H,8,9). The minimum absolute atomic E-state index is 0.0567. The highest BCUT2D eigenvalue weighted by molar-refractivity contribution is 8.75. The van der Waals surface area contributed by atoms with Gasteiger partial charge in [0.2, 0.25) is 5.91 Å². The van der Waals surface area contributed by atoms with Gasteiger partial charge in [-0.05, 0) is 19.1 Å². The van der Waals surface area contributed by atoms with Crippen molar-refractivity contribution in [1.29, 1.82) is 0 Å². The molecule has 0 rings (SSSR count). The average Bonchev–Trinajstić information content (AvgIpc) is 2.08. The molecule has 0 heterocycles. The van der Waals surface area contributed by atoms with Crippen LogP contribution in [0.4, 0.5) is 0 Å². The van der Waals surface area contributed by atoms with E-state index in [1.807, 2.05) is 6.26 Å². The quantitative estimate of drug-likeness (QED) is 0.417. The third-order valence-corrected chi connectivity index (χ3v) is 3.42. The number of hydrogen-bond donors (Lipinski definition) is 1. The molecule has 1 unspecified atom stereocenters. The molecule has 0 fully saturated rings. The first-order valence-corrected chi connectivity index (χ1v) is 8.24. The van der Waals surface area contributed by atoms with Crippen LogP contribution >= 0.6 is 21.8 Å². The molecule has 0 saturated carbocycles. The zero-order chi connectivity index (χ0) is 10.1. The van der Waals surface area contributed by atoms with Gasteiger partial charge in [-0.15, -0.1) is 0 Å². The summed E-state index contributed by atoms with van der Waals surface area (Å²) in [5.41, 5.74) is 0. The Morgan fingerprint density at radius 3 is 2.69 bits per heavy atom. The van der Waals surface area contributed by atoms with Crippen molar-refractivity contribution in [3.63, 3.8) is 0 Å². The molecule has 1 N–H and O–H groups in total. The second-order valence-corrected chi connectivity index (χ2v) is 6.27. The van der Waals surface area contributed by atoms with Crippen LogP contribution in [0.2, 0.25) is 0 Å². The fourth-order valence-electron chi connectivity index (χ4n) is 0.730. The van der Waals surface area contributed by atoms with Crippen molar-refractivity contribution >= 4 is 38.5 Å². The van der Waals surface area contributed by atoms with Crippen LogP contribution in [0, 0.1) is 0 Å². The molecule has 0 aliphatic carbocycles. The summed E-state index contributed by atoms with van der Waals surface area (Å²) < 4.78 is 13.3. The Bertz CT molecular complexity index is 175. The summed E-state index contributed by atoms with van der Waals surface area (Å²) in [6, 6.07) is 0. The predicted octanol–water partition coefficient (Wildman–Crippen LogP) is 1.58. The van der Waals surface area contributed by atoms with E-state index in [0.717, 1.165) is 12.8 Å². The maximum absolute atomic E-state index is 11.0. The first kappa shape index (κ1) is 13.3. The summed E-state index contributed by atoms with van der Waals surface area (Å²) in [4.78, 5) is 11.0. The first-order chi connectivity index (χ1) is 6.16. The van der Waals surface area contributed by atoms with Crippen molar-refractivity contribution in [1.82, 2.24) is 4.72 Å². The Morgan fingerprint density at radius 1 is 1.46 bits per heavy atom. The third kappa shape index (κ3) is 10.2. The van der Waals surface area contributed by atoms with Crippen molar-refractivity contribution in [3.8, 4) is 0 Å². The summed E-state index contributed by atoms with van der Waals surface area (Å²) in [7, 11) is 2.12. The Labute approximate surface area is 89.8 Å². The Hall–Kier alpha value is 0.320. The molecule has 0 radical (unpaired) electrons. The van der Waals surface area contributed by atoms with Crippen LogP contribution in [0.3, 0.4) is 0 Å². The van der Waals surface area contributed by atoms with Crippen molar-refractivity contribution < 1.29 is 9.00 Å². The number of amides is 1. The zero-order valence-electron chi connectivity index (χ0n) is 7.87. The van der Waals surface area contributed by atoms with E-state index in [4.69, 9.17) is 0 Å². The van der Waals surface area contributed by atoms with Crippen LogP contribution < -0.4 is 4.72 Å². The molecular formula is C7H15NO2S3. The van der Waals surface area contributed by atoms with Gasteiger partial charge in [0, 0.05) is 40.2 Å². The van der Waals surface area contributed by atoms with Gasteiger partial charge in [0.05, 0.1) is 0 Å². The van der Waals surface area contributed by atoms with E-state index in [-0.39, 0.29) is 5.91 Å². The lowest BCUT2D eigenvalue weighted by molar-refractivity contribution is -0.119. The maximum atomic E-state index is 11.0. The van der Waals surface area contributed by atoms with Crippen molar-refractivity contribution in [2.45, 2.75) is 19.3 Å². The molecule has 6 heteroatoms. The van der Waals surface area contributed by atoms with Crippen LogP contribution in [0.5, 0.6) is 0 Å². The van der Waals surface area contributed by atoms with Gasteiger partial charge >= 0.3 is 0 Å². The molecule has 1 amide bonds. The molecule has 0 aromatic heterocycles. The fraction of sp³-hybridized carbons (Fsp3) is 0.857. The molecule has 0 aliphatic rings. The summed E-state index contributed by atoms with van der Waals surface area (Å²) in [5, 5.41) is 0. The molecule has 0 saturated heterocycles. The molecule has 3 nitrogen and oxygen atoms in total. The second-order valence-electron chi connectivity index (χ2n) is 2.51. The highest BCUT2D eigenvalue weighted by Crippen LogP contribution is 2.11. The fourth-order valence-corrected chi connectivity index (χ4v) is 2.15. The lowest BCUT2D eigenvalue weighted by Crippen LogP contribution is -2.14. The molecule has 0 aromatic rings. The summed E-state index contributed by atoms with van der Waals surface area (Å²) >= 11 is 0. The second kappa shape index (κ2) is 8.90. The number of unbranched alkanes of at least 4 members (excludes halogenated alkanes) is 1. The first-order valence-electron chi connectivity index (χ1n) is 3.95. The van der Waals surface area contributed by atoms with Crippen molar-refractivity contribution in [3.05, 3.63) is 0 Å². The zero-order valence-corrected chi connectivity index (χ0v) is 10.3. The van der Waals surface area contributed by atoms with Gasteiger partial charge in [-0.3, -0.25) is 13.7 Å². The molecule has 0 aliphatic heterocycles. The van der Waals surface area contributed by atoms with Gasteiger partial charge in [-0.25, -0.2) is 0 Å². The minimum atomic E-state index is -0.727. The van der Waals surface area contributed by atoms with Crippen molar-refractivity contribution in [2.75, 3.05) is 18.3 Å². The smallest absolute Gasteiger partial charge is 0.230 e. The van der Waals surface area contributed by atoms with Crippen LogP contribution in [-0.4, -0.2) is 28.4 Å². The number of hydrogen-bond acceptors (Lipinski definition) is 4. The number of carbonyl (C=O) groups is 1. The van der Waals surface area contributed by atoms with E-state index in [0.29, 0.717) is 12.2 Å². The molecule has 0 spiro atoms. The lowest BCUT2D eigenvalue weighted by Gasteiger charge is -2.00. The van der Waals surface area contributed by atoms with E-state index in [2.05, 4.69) is 4.72 Å². The van der Waals surface area contributed by atoms with Gasteiger partial charge in [0.1, 0.15) is 0 Å². The Kier molecular flexibility index (Phi) is 9.12. The van der Waals surface area contributed by atoms with E-state index < -0.39 is 10.8 Å². The van der Waals surface area contributed by atoms with Crippen molar-refractivity contribution in [2.24, 2.45) is 0 Å². The molecule has 0 aromatic carbocycles. The van der Waals surface area contributed by atoms with Crippen LogP contribution in [-0.2, 0) is 15.6 Å². The van der Waals surface area contributed by atoms with Gasteiger partial charge in [-0.2, -0.15) is 0 Å². The van der Waals surface area contributed by atoms with Crippen LogP contribution in [0.25, 0.3) is 0 Å². The van der Waals surface area contributed by atoms with Crippen LogP contribution in [0.1, 0.15) is 19.3 Å². The molecular weight excluding hydrogens is 226 g/mol. The minimum Gasteiger partial charge on any atom is -0.291 e. The summed E-state index contributed by atoms with van der Waals surface area (Å²) in [6.45, 7) is 0. The lowest BCUT2D eigenvalue weighted by atomic mass is 10.2. The SMILES string of the molecule is CSSNC(=O)CCCCS(C)=O. The summed E-state index contributed by atoms with van der Waals surface area (Å²) in [6.07, 6.45) is 5.81. The highest BCUT2D eigenvalue weighted by atomic mass is 33.1. The van der Waals surface area contributed by atoms with Gasteiger partial charge in [-0.1, -0.05) is 10.8 Å². The summed E-state index contributed by atoms with van der Waals surface area (Å²) in [5.74, 6) is 0.754. The van der Waals surface area contributed by atoms with Crippen LogP contribution in [0.15, 0.2) is 0 Å². The number of rotatable bonds is 7. The van der Waals surface area contributed by atoms with E-state index >= 15 is 0 Å². The van der Waals surface area contributed by atoms with E-state index in [1.54, 1.807) is 6.26 Å². The van der Waals surface area contributed by atoms with Gasteiger partial charge in [0.15, 0.2) is 0 Å². The Morgan fingerprint density at radius 2 is 2.15 bits per heavy atom. The van der Waals surface area contributed by atoms with Gasteiger partial charge in [0.25, 0.3) is 0 Å².